The first-order valence-corrected chi connectivity index (χ1v) is 8.59. The predicted octanol–water partition coefficient (Wildman–Crippen LogP) is 4.43. The summed E-state index contributed by atoms with van der Waals surface area (Å²) in [4.78, 5) is 12.5. The van der Waals surface area contributed by atoms with Crippen molar-refractivity contribution in [3.05, 3.63) is 0 Å². The summed E-state index contributed by atoms with van der Waals surface area (Å²) in [5.74, 6) is 3.97. The van der Waals surface area contributed by atoms with Gasteiger partial charge in [-0.1, -0.05) is 20.3 Å². The van der Waals surface area contributed by atoms with Crippen LogP contribution in [0.3, 0.4) is 0 Å². The SMILES string of the molecule is CC(C)CC(C)(C)C(=O)OC1CC2CC1C1CCCC21. The molecule has 5 unspecified atom stereocenters. The number of carbonyl (C=O) groups excluding carboxylic acids is 1. The largest absolute Gasteiger partial charge is 0.462 e. The Morgan fingerprint density at radius 1 is 1.15 bits per heavy atom. The number of ether oxygens (including phenoxy) is 1. The lowest BCUT2D eigenvalue weighted by molar-refractivity contribution is -0.164. The average Bonchev–Trinajstić information content (AvgIpc) is 2.97. The maximum absolute atomic E-state index is 12.5. The highest BCUT2D eigenvalue weighted by molar-refractivity contribution is 5.76. The molecule has 2 heteroatoms. The van der Waals surface area contributed by atoms with Gasteiger partial charge in [0.2, 0.25) is 0 Å². The Kier molecular flexibility index (Phi) is 3.63. The summed E-state index contributed by atoms with van der Waals surface area (Å²) in [6.45, 7) is 8.44. The van der Waals surface area contributed by atoms with Crippen molar-refractivity contribution in [3.8, 4) is 0 Å². The van der Waals surface area contributed by atoms with Gasteiger partial charge in [0.15, 0.2) is 0 Å². The Morgan fingerprint density at radius 3 is 2.55 bits per heavy atom. The standard InChI is InChI=1S/C18H30O2/c1-11(2)10-18(3,4)17(19)20-16-9-12-8-15(16)14-7-5-6-13(12)14/h11-16H,5-10H2,1-4H3. The molecular formula is C18H30O2. The van der Waals surface area contributed by atoms with Gasteiger partial charge in [0.05, 0.1) is 5.41 Å². The molecule has 114 valence electrons. The highest BCUT2D eigenvalue weighted by atomic mass is 16.5. The first-order valence-electron chi connectivity index (χ1n) is 8.59. The van der Waals surface area contributed by atoms with Crippen LogP contribution in [0.4, 0.5) is 0 Å². The Labute approximate surface area is 123 Å². The van der Waals surface area contributed by atoms with E-state index in [0.29, 0.717) is 11.8 Å². The van der Waals surface area contributed by atoms with E-state index < -0.39 is 0 Å². The zero-order chi connectivity index (χ0) is 14.5. The summed E-state index contributed by atoms with van der Waals surface area (Å²) in [5, 5.41) is 0. The molecule has 0 aromatic rings. The van der Waals surface area contributed by atoms with Gasteiger partial charge in [-0.2, -0.15) is 0 Å². The van der Waals surface area contributed by atoms with Gasteiger partial charge in [-0.25, -0.2) is 0 Å². The highest BCUT2D eigenvalue weighted by Crippen LogP contribution is 2.59. The fourth-order valence-corrected chi connectivity index (χ4v) is 5.54. The lowest BCUT2D eigenvalue weighted by Crippen LogP contribution is -2.37. The molecule has 0 aromatic heterocycles. The smallest absolute Gasteiger partial charge is 0.311 e. The highest BCUT2D eigenvalue weighted by Gasteiger charge is 2.55. The normalized spacial score (nSPS) is 39.4. The minimum absolute atomic E-state index is 0.0401. The second-order valence-electron chi connectivity index (χ2n) is 8.58. The van der Waals surface area contributed by atoms with Crippen molar-refractivity contribution in [3.63, 3.8) is 0 Å². The molecule has 0 radical (unpaired) electrons. The van der Waals surface area contributed by atoms with Crippen LogP contribution in [0.5, 0.6) is 0 Å². The van der Waals surface area contributed by atoms with E-state index in [4.69, 9.17) is 4.74 Å². The maximum atomic E-state index is 12.5. The van der Waals surface area contributed by atoms with Crippen LogP contribution in [0.2, 0.25) is 0 Å². The fourth-order valence-electron chi connectivity index (χ4n) is 5.54. The third kappa shape index (κ3) is 2.40. The molecule has 0 spiro atoms. The van der Waals surface area contributed by atoms with Gasteiger partial charge in [-0.15, -0.1) is 0 Å². The summed E-state index contributed by atoms with van der Waals surface area (Å²) < 4.78 is 5.98. The molecule has 0 saturated heterocycles. The fraction of sp³-hybridized carbons (Fsp3) is 0.944. The molecular weight excluding hydrogens is 248 g/mol. The third-order valence-electron chi connectivity index (χ3n) is 6.10. The summed E-state index contributed by atoms with van der Waals surface area (Å²) in [6.07, 6.45) is 7.85. The van der Waals surface area contributed by atoms with Crippen molar-refractivity contribution in [2.24, 2.45) is 35.0 Å². The Balaban J connectivity index is 1.61. The van der Waals surface area contributed by atoms with Crippen LogP contribution in [0, 0.1) is 35.0 Å². The van der Waals surface area contributed by atoms with Crippen molar-refractivity contribution in [1.82, 2.24) is 0 Å². The predicted molar refractivity (Wildman–Crippen MR) is 80.2 cm³/mol. The van der Waals surface area contributed by atoms with Crippen LogP contribution in [0.1, 0.15) is 66.2 Å². The molecule has 3 rings (SSSR count). The molecule has 5 atom stereocenters. The van der Waals surface area contributed by atoms with Crippen LogP contribution >= 0.6 is 0 Å². The van der Waals surface area contributed by atoms with Crippen molar-refractivity contribution >= 4 is 5.97 Å². The zero-order valence-corrected chi connectivity index (χ0v) is 13.5. The molecule has 0 N–H and O–H groups in total. The summed E-state index contributed by atoms with van der Waals surface area (Å²) in [7, 11) is 0. The molecule has 0 aromatic carbocycles. The molecule has 20 heavy (non-hydrogen) atoms. The van der Waals surface area contributed by atoms with Crippen molar-refractivity contribution in [1.29, 1.82) is 0 Å². The molecule has 2 nitrogen and oxygen atoms in total. The molecule has 0 aliphatic heterocycles. The summed E-state index contributed by atoms with van der Waals surface area (Å²) >= 11 is 0. The average molecular weight is 278 g/mol. The van der Waals surface area contributed by atoms with Crippen LogP contribution in [-0.4, -0.2) is 12.1 Å². The number of esters is 1. The summed E-state index contributed by atoms with van der Waals surface area (Å²) in [6, 6.07) is 0. The van der Waals surface area contributed by atoms with E-state index in [1.165, 1.54) is 25.7 Å². The number of carbonyl (C=O) groups is 1. The monoisotopic (exact) mass is 278 g/mol. The van der Waals surface area contributed by atoms with E-state index in [2.05, 4.69) is 13.8 Å². The van der Waals surface area contributed by atoms with Crippen LogP contribution in [0.15, 0.2) is 0 Å². The number of hydrogen-bond donors (Lipinski definition) is 0. The van der Waals surface area contributed by atoms with Crippen molar-refractivity contribution < 1.29 is 9.53 Å². The minimum Gasteiger partial charge on any atom is -0.462 e. The van der Waals surface area contributed by atoms with E-state index >= 15 is 0 Å². The first kappa shape index (κ1) is 14.4. The van der Waals surface area contributed by atoms with Crippen LogP contribution < -0.4 is 0 Å². The van der Waals surface area contributed by atoms with E-state index in [-0.39, 0.29) is 17.5 Å². The van der Waals surface area contributed by atoms with E-state index in [1.807, 2.05) is 13.8 Å². The van der Waals surface area contributed by atoms with E-state index in [9.17, 15) is 4.79 Å². The topological polar surface area (TPSA) is 26.3 Å². The van der Waals surface area contributed by atoms with Crippen molar-refractivity contribution in [2.45, 2.75) is 72.3 Å². The first-order chi connectivity index (χ1) is 9.38. The lowest BCUT2D eigenvalue weighted by atomic mass is 9.80. The molecule has 3 fully saturated rings. The second kappa shape index (κ2) is 5.03. The second-order valence-corrected chi connectivity index (χ2v) is 8.58. The van der Waals surface area contributed by atoms with Gasteiger partial charge in [-0.05, 0) is 75.5 Å². The molecule has 3 saturated carbocycles. The zero-order valence-electron chi connectivity index (χ0n) is 13.5. The molecule has 3 aliphatic rings. The number of rotatable bonds is 4. The van der Waals surface area contributed by atoms with Gasteiger partial charge in [0.25, 0.3) is 0 Å². The summed E-state index contributed by atoms with van der Waals surface area (Å²) in [5.41, 5.74) is -0.328. The van der Waals surface area contributed by atoms with Gasteiger partial charge in [0, 0.05) is 0 Å². The van der Waals surface area contributed by atoms with E-state index in [0.717, 1.165) is 30.6 Å². The minimum atomic E-state index is -0.328. The molecule has 0 amide bonds. The van der Waals surface area contributed by atoms with Gasteiger partial charge in [0.1, 0.15) is 6.10 Å². The number of hydrogen-bond acceptors (Lipinski definition) is 2. The van der Waals surface area contributed by atoms with E-state index in [1.54, 1.807) is 0 Å². The Hall–Kier alpha value is -0.530. The maximum Gasteiger partial charge on any atom is 0.311 e. The van der Waals surface area contributed by atoms with Gasteiger partial charge >= 0.3 is 5.97 Å². The Bertz CT molecular complexity index is 385. The van der Waals surface area contributed by atoms with Crippen LogP contribution in [0.25, 0.3) is 0 Å². The van der Waals surface area contributed by atoms with Gasteiger partial charge < -0.3 is 4.74 Å². The molecule has 2 bridgehead atoms. The third-order valence-corrected chi connectivity index (χ3v) is 6.10. The molecule has 0 heterocycles. The quantitative estimate of drug-likeness (QED) is 0.711. The van der Waals surface area contributed by atoms with Gasteiger partial charge in [-0.3, -0.25) is 4.79 Å². The van der Waals surface area contributed by atoms with Crippen LogP contribution in [-0.2, 0) is 9.53 Å². The lowest BCUT2D eigenvalue weighted by Gasteiger charge is -2.34. The Morgan fingerprint density at radius 2 is 1.85 bits per heavy atom. The number of fused-ring (bicyclic) bond motifs is 5. The molecule has 3 aliphatic carbocycles. The van der Waals surface area contributed by atoms with Crippen molar-refractivity contribution in [2.75, 3.05) is 0 Å².